The quantitative estimate of drug-likeness (QED) is 0.828. The minimum atomic E-state index is -0.438. The summed E-state index contributed by atoms with van der Waals surface area (Å²) in [6.45, 7) is 10.4. The summed E-state index contributed by atoms with van der Waals surface area (Å²) >= 11 is 0. The summed E-state index contributed by atoms with van der Waals surface area (Å²) in [6.07, 6.45) is 7.53. The number of likely N-dealkylation sites (tertiary alicyclic amines) is 1. The molecule has 0 saturated carbocycles. The zero-order chi connectivity index (χ0) is 18.7. The van der Waals surface area contributed by atoms with Gasteiger partial charge >= 0.3 is 6.09 Å². The van der Waals surface area contributed by atoms with Crippen LogP contribution in [0, 0.1) is 5.92 Å². The van der Waals surface area contributed by atoms with Gasteiger partial charge in [-0.25, -0.2) is 9.78 Å². The van der Waals surface area contributed by atoms with Gasteiger partial charge in [-0.2, -0.15) is 0 Å². The SMILES string of the molecule is CCCc1nc2cnccc2n1CC1CCN(C(=O)OC(C)(C)C)CC1. The van der Waals surface area contributed by atoms with Crippen LogP contribution in [0.4, 0.5) is 4.79 Å². The Morgan fingerprint density at radius 2 is 2.04 bits per heavy atom. The van der Waals surface area contributed by atoms with Crippen molar-refractivity contribution in [3.8, 4) is 0 Å². The van der Waals surface area contributed by atoms with Gasteiger partial charge in [0.05, 0.1) is 11.7 Å². The van der Waals surface area contributed by atoms with Crippen molar-refractivity contribution < 1.29 is 9.53 Å². The van der Waals surface area contributed by atoms with Crippen LogP contribution in [-0.2, 0) is 17.7 Å². The van der Waals surface area contributed by atoms with E-state index < -0.39 is 5.60 Å². The second-order valence-electron chi connectivity index (χ2n) is 8.16. The van der Waals surface area contributed by atoms with Crippen LogP contribution < -0.4 is 0 Å². The fourth-order valence-corrected chi connectivity index (χ4v) is 3.53. The zero-order valence-electron chi connectivity index (χ0n) is 16.4. The summed E-state index contributed by atoms with van der Waals surface area (Å²) in [7, 11) is 0. The third-order valence-electron chi connectivity index (χ3n) is 4.81. The molecular weight excluding hydrogens is 328 g/mol. The van der Waals surface area contributed by atoms with Crippen LogP contribution in [-0.4, -0.2) is 44.2 Å². The fraction of sp³-hybridized carbons (Fsp3) is 0.650. The molecule has 2 aromatic rings. The molecule has 1 aliphatic rings. The van der Waals surface area contributed by atoms with Crippen molar-refractivity contribution in [2.45, 2.75) is 65.5 Å². The van der Waals surface area contributed by atoms with Crippen LogP contribution in [0.5, 0.6) is 0 Å². The van der Waals surface area contributed by atoms with Crippen molar-refractivity contribution in [3.05, 3.63) is 24.3 Å². The Hall–Kier alpha value is -2.11. The second kappa shape index (κ2) is 7.64. The van der Waals surface area contributed by atoms with E-state index in [4.69, 9.17) is 9.72 Å². The molecule has 0 aliphatic carbocycles. The number of pyridine rings is 1. The van der Waals surface area contributed by atoms with Crippen molar-refractivity contribution in [1.29, 1.82) is 0 Å². The lowest BCUT2D eigenvalue weighted by Gasteiger charge is -2.33. The van der Waals surface area contributed by atoms with Crippen molar-refractivity contribution in [2.24, 2.45) is 5.92 Å². The molecule has 0 spiro atoms. The molecular formula is C20H30N4O2. The van der Waals surface area contributed by atoms with Crippen LogP contribution in [0.15, 0.2) is 18.5 Å². The molecule has 2 aromatic heterocycles. The number of hydrogen-bond acceptors (Lipinski definition) is 4. The predicted octanol–water partition coefficient (Wildman–Crippen LogP) is 4.03. The Morgan fingerprint density at radius 3 is 2.69 bits per heavy atom. The number of amides is 1. The molecule has 0 radical (unpaired) electrons. The molecule has 26 heavy (non-hydrogen) atoms. The number of rotatable bonds is 4. The van der Waals surface area contributed by atoms with Gasteiger partial charge in [0.2, 0.25) is 0 Å². The van der Waals surface area contributed by atoms with E-state index in [-0.39, 0.29) is 6.09 Å². The molecule has 6 heteroatoms. The van der Waals surface area contributed by atoms with Crippen molar-refractivity contribution >= 4 is 17.1 Å². The number of piperidine rings is 1. The minimum absolute atomic E-state index is 0.193. The van der Waals surface area contributed by atoms with Crippen molar-refractivity contribution in [3.63, 3.8) is 0 Å². The molecule has 3 rings (SSSR count). The van der Waals surface area contributed by atoms with Gasteiger partial charge in [-0.05, 0) is 52.0 Å². The second-order valence-corrected chi connectivity index (χ2v) is 8.16. The molecule has 0 bridgehead atoms. The van der Waals surface area contributed by atoms with Crippen LogP contribution in [0.1, 0.15) is 52.8 Å². The lowest BCUT2D eigenvalue weighted by molar-refractivity contribution is 0.0178. The van der Waals surface area contributed by atoms with Gasteiger partial charge in [-0.1, -0.05) is 6.92 Å². The highest BCUT2D eigenvalue weighted by Crippen LogP contribution is 2.24. The maximum Gasteiger partial charge on any atom is 0.410 e. The minimum Gasteiger partial charge on any atom is -0.444 e. The van der Waals surface area contributed by atoms with E-state index in [0.717, 1.165) is 62.2 Å². The maximum atomic E-state index is 12.2. The van der Waals surface area contributed by atoms with Gasteiger partial charge in [0.1, 0.15) is 16.9 Å². The largest absolute Gasteiger partial charge is 0.444 e. The first-order chi connectivity index (χ1) is 12.4. The average molecular weight is 358 g/mol. The molecule has 1 fully saturated rings. The lowest BCUT2D eigenvalue weighted by Crippen LogP contribution is -2.42. The summed E-state index contributed by atoms with van der Waals surface area (Å²) in [6, 6.07) is 2.05. The van der Waals surface area contributed by atoms with E-state index in [1.807, 2.05) is 38.1 Å². The van der Waals surface area contributed by atoms with Crippen LogP contribution in [0.3, 0.4) is 0 Å². The number of aromatic nitrogens is 3. The molecule has 0 unspecified atom stereocenters. The van der Waals surface area contributed by atoms with E-state index in [1.54, 1.807) is 0 Å². The number of hydrogen-bond donors (Lipinski definition) is 0. The summed E-state index contributed by atoms with van der Waals surface area (Å²) in [4.78, 5) is 23.0. The smallest absolute Gasteiger partial charge is 0.410 e. The maximum absolute atomic E-state index is 12.2. The number of nitrogens with zero attached hydrogens (tertiary/aromatic N) is 4. The van der Waals surface area contributed by atoms with Crippen molar-refractivity contribution in [2.75, 3.05) is 13.1 Å². The van der Waals surface area contributed by atoms with E-state index in [0.29, 0.717) is 5.92 Å². The normalized spacial score (nSPS) is 16.2. The highest BCUT2D eigenvalue weighted by molar-refractivity contribution is 5.74. The topological polar surface area (TPSA) is 60.2 Å². The number of fused-ring (bicyclic) bond motifs is 1. The van der Waals surface area contributed by atoms with Crippen molar-refractivity contribution in [1.82, 2.24) is 19.4 Å². The third-order valence-corrected chi connectivity index (χ3v) is 4.81. The summed E-state index contributed by atoms with van der Waals surface area (Å²) in [5, 5.41) is 0. The lowest BCUT2D eigenvalue weighted by atomic mass is 9.97. The zero-order valence-corrected chi connectivity index (χ0v) is 16.4. The van der Waals surface area contributed by atoms with E-state index >= 15 is 0 Å². The molecule has 0 aromatic carbocycles. The number of carbonyl (C=O) groups excluding carboxylic acids is 1. The number of imidazole rings is 1. The average Bonchev–Trinajstić information content (AvgIpc) is 2.92. The number of aryl methyl sites for hydroxylation is 1. The molecule has 1 amide bonds. The highest BCUT2D eigenvalue weighted by atomic mass is 16.6. The monoisotopic (exact) mass is 358 g/mol. The van der Waals surface area contributed by atoms with Gasteiger partial charge in [-0.3, -0.25) is 4.98 Å². The Balaban J connectivity index is 1.65. The summed E-state index contributed by atoms with van der Waals surface area (Å²) in [5.41, 5.74) is 1.70. The number of carbonyl (C=O) groups is 1. The third kappa shape index (κ3) is 4.34. The Kier molecular flexibility index (Phi) is 5.49. The number of ether oxygens (including phenoxy) is 1. The Labute approximate surface area is 155 Å². The standard InChI is InChI=1S/C20H30N4O2/c1-5-6-18-22-16-13-21-10-7-17(16)24(18)14-15-8-11-23(12-9-15)19(25)26-20(2,3)4/h7,10,13,15H,5-6,8-9,11-12,14H2,1-4H3. The molecule has 6 nitrogen and oxygen atoms in total. The molecule has 1 saturated heterocycles. The van der Waals surface area contributed by atoms with Gasteiger partial charge < -0.3 is 14.2 Å². The molecule has 142 valence electrons. The van der Waals surface area contributed by atoms with Gasteiger partial charge in [0.25, 0.3) is 0 Å². The van der Waals surface area contributed by atoms with Gasteiger partial charge in [-0.15, -0.1) is 0 Å². The molecule has 3 heterocycles. The molecule has 1 aliphatic heterocycles. The van der Waals surface area contributed by atoms with E-state index in [9.17, 15) is 4.79 Å². The summed E-state index contributed by atoms with van der Waals surface area (Å²) < 4.78 is 7.85. The van der Waals surface area contributed by atoms with Gasteiger partial charge in [0, 0.05) is 32.3 Å². The van der Waals surface area contributed by atoms with E-state index in [2.05, 4.69) is 22.5 Å². The molecule has 0 atom stereocenters. The summed E-state index contributed by atoms with van der Waals surface area (Å²) in [5.74, 6) is 1.69. The first kappa shape index (κ1) is 18.7. The van der Waals surface area contributed by atoms with Crippen LogP contribution in [0.25, 0.3) is 11.0 Å². The Bertz CT molecular complexity index is 755. The first-order valence-corrected chi connectivity index (χ1v) is 9.64. The van der Waals surface area contributed by atoms with Crippen LogP contribution in [0.2, 0.25) is 0 Å². The highest BCUT2D eigenvalue weighted by Gasteiger charge is 2.27. The Morgan fingerprint density at radius 1 is 1.31 bits per heavy atom. The van der Waals surface area contributed by atoms with Gasteiger partial charge in [0.15, 0.2) is 0 Å². The predicted molar refractivity (Wildman–Crippen MR) is 102 cm³/mol. The first-order valence-electron chi connectivity index (χ1n) is 9.64. The van der Waals surface area contributed by atoms with Crippen LogP contribution >= 0.6 is 0 Å². The van der Waals surface area contributed by atoms with E-state index in [1.165, 1.54) is 0 Å². The fourth-order valence-electron chi connectivity index (χ4n) is 3.53. The molecule has 0 N–H and O–H groups in total.